The van der Waals surface area contributed by atoms with Crippen molar-refractivity contribution in [3.63, 3.8) is 0 Å². The molecule has 0 aliphatic heterocycles. The molecule has 0 saturated carbocycles. The van der Waals surface area contributed by atoms with Crippen LogP contribution in [0.25, 0.3) is 0 Å². The Labute approximate surface area is 76.0 Å². The fourth-order valence-corrected chi connectivity index (χ4v) is 3.93. The summed E-state index contributed by atoms with van der Waals surface area (Å²) in [4.78, 5) is 0. The summed E-state index contributed by atoms with van der Waals surface area (Å²) in [5.41, 5.74) is 0. The predicted octanol–water partition coefficient (Wildman–Crippen LogP) is 3.19. The van der Waals surface area contributed by atoms with Crippen molar-refractivity contribution in [2.24, 2.45) is 5.92 Å². The highest BCUT2D eigenvalue weighted by Gasteiger charge is 2.27. The summed E-state index contributed by atoms with van der Waals surface area (Å²) in [7, 11) is 0. The number of nitrogens with zero attached hydrogens (tertiary/aromatic N) is 1. The summed E-state index contributed by atoms with van der Waals surface area (Å²) < 4.78 is 0. The Balaban J connectivity index is 3.60. The second-order valence-corrected chi connectivity index (χ2v) is 11.5. The van der Waals surface area contributed by atoms with Gasteiger partial charge in [0, 0.05) is 6.42 Å². The van der Waals surface area contributed by atoms with E-state index in [2.05, 4.69) is 0 Å². The van der Waals surface area contributed by atoms with Crippen molar-refractivity contribution in [1.82, 2.24) is 0 Å². The Bertz CT molecular complexity index is 137. The van der Waals surface area contributed by atoms with Gasteiger partial charge in [-0.3, -0.25) is 0 Å². The van der Waals surface area contributed by atoms with E-state index < -0.39 is 6.00 Å². The van der Waals surface area contributed by atoms with Crippen LogP contribution < -0.4 is 0 Å². The van der Waals surface area contributed by atoms with E-state index in [0.29, 0.717) is 12.5 Å². The highest BCUT2D eigenvalue weighted by molar-refractivity contribution is 7.64. The summed E-state index contributed by atoms with van der Waals surface area (Å²) >= 11 is 16.9. The largest absolute Gasteiger partial charge is 0.341 e. The van der Waals surface area contributed by atoms with Gasteiger partial charge in [0.2, 0.25) is 0 Å². The predicted molar refractivity (Wildman–Crippen MR) is 47.5 cm³/mol. The van der Waals surface area contributed by atoms with Gasteiger partial charge in [0.1, 0.15) is 0 Å². The van der Waals surface area contributed by atoms with E-state index in [1.165, 1.54) is 0 Å². The van der Waals surface area contributed by atoms with Crippen LogP contribution in [0.2, 0.25) is 6.04 Å². The lowest BCUT2D eigenvalue weighted by atomic mass is 10.2. The van der Waals surface area contributed by atoms with Crippen molar-refractivity contribution in [3.8, 4) is 6.07 Å². The number of hydrogen-bond donors (Lipinski definition) is 0. The van der Waals surface area contributed by atoms with E-state index in [4.69, 9.17) is 38.5 Å². The summed E-state index contributed by atoms with van der Waals surface area (Å²) in [5, 5.41) is 8.27. The normalized spacial score (nSPS) is 14.3. The van der Waals surface area contributed by atoms with Gasteiger partial charge in [0.25, 0.3) is 0 Å². The minimum atomic E-state index is -2.49. The van der Waals surface area contributed by atoms with Crippen LogP contribution >= 0.6 is 33.2 Å². The van der Waals surface area contributed by atoms with Gasteiger partial charge in [-0.25, -0.2) is 0 Å². The van der Waals surface area contributed by atoms with Crippen molar-refractivity contribution < 1.29 is 0 Å². The molecule has 0 spiro atoms. The summed E-state index contributed by atoms with van der Waals surface area (Å²) in [5.74, 6) is 0.212. The number of rotatable bonds is 3. The van der Waals surface area contributed by atoms with Crippen LogP contribution in [0.3, 0.4) is 0 Å². The zero-order valence-corrected chi connectivity index (χ0v) is 8.84. The monoisotopic (exact) mass is 215 g/mol. The quantitative estimate of drug-likeness (QED) is 0.525. The highest BCUT2D eigenvalue weighted by atomic mass is 35.8. The highest BCUT2D eigenvalue weighted by Crippen LogP contribution is 2.29. The minimum absolute atomic E-state index is 0.212. The third-order valence-corrected chi connectivity index (χ3v) is 3.57. The van der Waals surface area contributed by atoms with Gasteiger partial charge in [0.05, 0.1) is 6.07 Å². The summed E-state index contributed by atoms with van der Waals surface area (Å²) in [6, 6.07) is 0.119. The van der Waals surface area contributed by atoms with Crippen LogP contribution in [0.4, 0.5) is 0 Å². The van der Waals surface area contributed by atoms with Gasteiger partial charge in [-0.1, -0.05) is 6.92 Å². The molecule has 0 rings (SSSR count). The molecule has 0 aromatic rings. The molecule has 0 aliphatic rings. The van der Waals surface area contributed by atoms with Gasteiger partial charge >= 0.3 is 6.00 Å². The fraction of sp³-hybridized carbons (Fsp3) is 0.800. The molecule has 0 amide bonds. The first-order chi connectivity index (χ1) is 4.45. The van der Waals surface area contributed by atoms with Crippen molar-refractivity contribution in [1.29, 1.82) is 5.26 Å². The number of hydrogen-bond acceptors (Lipinski definition) is 1. The Morgan fingerprint density at radius 1 is 1.50 bits per heavy atom. The van der Waals surface area contributed by atoms with Crippen molar-refractivity contribution in [2.75, 3.05) is 0 Å². The molecule has 0 aromatic carbocycles. The van der Waals surface area contributed by atoms with E-state index >= 15 is 0 Å². The second-order valence-electron chi connectivity index (χ2n) is 2.29. The lowest BCUT2D eigenvalue weighted by Gasteiger charge is -2.11. The molecule has 0 bridgehead atoms. The Hall–Kier alpha value is 0.577. The van der Waals surface area contributed by atoms with Gasteiger partial charge in [-0.15, -0.1) is 33.2 Å². The number of halogens is 3. The average Bonchev–Trinajstić information content (AvgIpc) is 1.59. The molecule has 1 nitrogen and oxygen atoms in total. The molecule has 0 fully saturated rings. The minimum Gasteiger partial charge on any atom is -0.198 e. The first-order valence-electron chi connectivity index (χ1n) is 2.89. The van der Waals surface area contributed by atoms with Crippen LogP contribution in [0.5, 0.6) is 0 Å². The van der Waals surface area contributed by atoms with Crippen molar-refractivity contribution in [3.05, 3.63) is 0 Å². The van der Waals surface area contributed by atoms with Gasteiger partial charge in [-0.05, 0) is 12.0 Å². The Morgan fingerprint density at radius 3 is 2.30 bits per heavy atom. The SMILES string of the molecule is CC(CC#N)C[Si](Cl)(Cl)Cl. The van der Waals surface area contributed by atoms with Crippen molar-refractivity contribution >= 4 is 39.2 Å². The van der Waals surface area contributed by atoms with Crippen LogP contribution in [-0.2, 0) is 0 Å². The topological polar surface area (TPSA) is 23.8 Å². The molecule has 0 heterocycles. The fourth-order valence-electron chi connectivity index (χ4n) is 0.623. The Kier molecular flexibility index (Phi) is 4.71. The molecular formula is C5H8Cl3NSi. The lowest BCUT2D eigenvalue weighted by Crippen LogP contribution is -2.13. The maximum atomic E-state index is 8.27. The molecular weight excluding hydrogens is 209 g/mol. The molecule has 58 valence electrons. The third kappa shape index (κ3) is 6.69. The van der Waals surface area contributed by atoms with E-state index in [1.54, 1.807) is 0 Å². The molecule has 1 unspecified atom stereocenters. The number of nitriles is 1. The standard InChI is InChI=1S/C5H8Cl3NSi/c1-5(2-3-9)4-10(6,7)8/h5H,2,4H2,1H3. The smallest absolute Gasteiger partial charge is 0.198 e. The zero-order valence-electron chi connectivity index (χ0n) is 5.57. The van der Waals surface area contributed by atoms with Gasteiger partial charge in [-0.2, -0.15) is 5.26 Å². The maximum Gasteiger partial charge on any atom is 0.341 e. The average molecular weight is 217 g/mol. The molecule has 0 N–H and O–H groups in total. The molecule has 0 radical (unpaired) electrons. The van der Waals surface area contributed by atoms with Crippen LogP contribution in [0.1, 0.15) is 13.3 Å². The van der Waals surface area contributed by atoms with Crippen LogP contribution in [0, 0.1) is 17.2 Å². The first kappa shape index (κ1) is 10.6. The van der Waals surface area contributed by atoms with Crippen molar-refractivity contribution in [2.45, 2.75) is 19.4 Å². The van der Waals surface area contributed by atoms with E-state index in [9.17, 15) is 0 Å². The lowest BCUT2D eigenvalue weighted by molar-refractivity contribution is 0.667. The van der Waals surface area contributed by atoms with Gasteiger partial charge in [0.15, 0.2) is 0 Å². The van der Waals surface area contributed by atoms with E-state index in [1.807, 2.05) is 13.0 Å². The first-order valence-corrected chi connectivity index (χ1v) is 8.13. The third-order valence-electron chi connectivity index (χ3n) is 1.02. The second kappa shape index (κ2) is 4.45. The van der Waals surface area contributed by atoms with Crippen LogP contribution in [0.15, 0.2) is 0 Å². The summed E-state index contributed by atoms with van der Waals surface area (Å²) in [6.45, 7) is 1.91. The van der Waals surface area contributed by atoms with E-state index in [0.717, 1.165) is 0 Å². The zero-order chi connectivity index (χ0) is 8.20. The molecule has 0 aromatic heterocycles. The Morgan fingerprint density at radius 2 is 2.00 bits per heavy atom. The van der Waals surface area contributed by atoms with Crippen LogP contribution in [-0.4, -0.2) is 6.00 Å². The maximum absolute atomic E-state index is 8.27. The molecule has 1 atom stereocenters. The van der Waals surface area contributed by atoms with E-state index in [-0.39, 0.29) is 5.92 Å². The molecule has 0 aliphatic carbocycles. The summed E-state index contributed by atoms with van der Waals surface area (Å²) in [6.07, 6.45) is 0.473. The molecule has 5 heteroatoms. The molecule has 0 saturated heterocycles. The molecule has 10 heavy (non-hydrogen) atoms. The van der Waals surface area contributed by atoms with Gasteiger partial charge < -0.3 is 0 Å².